The van der Waals surface area contributed by atoms with Crippen molar-refractivity contribution in [1.82, 2.24) is 0 Å². The Morgan fingerprint density at radius 3 is 1.43 bits per heavy atom. The van der Waals surface area contributed by atoms with Crippen molar-refractivity contribution >= 4 is 11.9 Å². The molecule has 0 amide bonds. The van der Waals surface area contributed by atoms with Gasteiger partial charge in [-0.2, -0.15) is 0 Å². The molecule has 0 radical (unpaired) electrons. The molecular formula is C49H82O5. The van der Waals surface area contributed by atoms with E-state index in [1.54, 1.807) is 0 Å². The van der Waals surface area contributed by atoms with Crippen molar-refractivity contribution < 1.29 is 23.8 Å². The lowest BCUT2D eigenvalue weighted by molar-refractivity contribution is -0.163. The van der Waals surface area contributed by atoms with Crippen molar-refractivity contribution in [2.75, 3.05) is 19.8 Å². The summed E-state index contributed by atoms with van der Waals surface area (Å²) in [5.74, 6) is -0.462. The number of unbranched alkanes of at least 4 members (excludes halogenated alkanes) is 14. The first-order valence-corrected chi connectivity index (χ1v) is 22.1. The zero-order valence-electron chi connectivity index (χ0n) is 35.2. The number of carbonyl (C=O) groups is 2. The first-order chi connectivity index (χ1) is 26.6. The standard InChI is InChI=1S/C49H82O5/c1-4-7-10-13-16-19-22-24-26-29-32-35-38-41-44-52-45-47(54-49(51)43-40-37-34-31-27-21-18-15-12-9-6-3)46-53-48(50)42-39-36-33-30-28-25-23-20-17-14-11-8-5-2/h7,10-11,14-16,18-20,23-24,26,32,35,47H,4-6,8-9,12-13,17,21-22,25,27-31,33-34,36-46H2,1-3H3/b10-7-,14-11-,18-15-,19-16-,23-20-,26-24-,35-32-. The molecule has 0 aromatic heterocycles. The average Bonchev–Trinajstić information content (AvgIpc) is 3.17. The summed E-state index contributed by atoms with van der Waals surface area (Å²) in [6, 6.07) is 0. The summed E-state index contributed by atoms with van der Waals surface area (Å²) < 4.78 is 17.2. The summed E-state index contributed by atoms with van der Waals surface area (Å²) in [6.45, 7) is 7.43. The number of ether oxygens (including phenoxy) is 3. The lowest BCUT2D eigenvalue weighted by Crippen LogP contribution is -2.30. The highest BCUT2D eigenvalue weighted by atomic mass is 16.6. The Labute approximate surface area is 333 Å². The summed E-state index contributed by atoms with van der Waals surface area (Å²) in [5, 5.41) is 0. The third kappa shape index (κ3) is 41.8. The first-order valence-electron chi connectivity index (χ1n) is 22.1. The number of allylic oxidation sites excluding steroid dienone is 14. The molecule has 0 saturated heterocycles. The summed E-state index contributed by atoms with van der Waals surface area (Å²) in [4.78, 5) is 25.2. The van der Waals surface area contributed by atoms with Gasteiger partial charge in [0.25, 0.3) is 0 Å². The molecule has 0 aliphatic carbocycles. The van der Waals surface area contributed by atoms with E-state index in [1.807, 2.05) is 0 Å². The van der Waals surface area contributed by atoms with E-state index < -0.39 is 6.10 Å². The molecule has 1 unspecified atom stereocenters. The second-order valence-electron chi connectivity index (χ2n) is 14.2. The predicted octanol–water partition coefficient (Wildman–Crippen LogP) is 14.6. The molecular weight excluding hydrogens is 669 g/mol. The van der Waals surface area contributed by atoms with Crippen molar-refractivity contribution in [1.29, 1.82) is 0 Å². The van der Waals surface area contributed by atoms with Gasteiger partial charge in [0.15, 0.2) is 6.10 Å². The van der Waals surface area contributed by atoms with Crippen molar-refractivity contribution in [3.63, 3.8) is 0 Å². The molecule has 0 aromatic rings. The highest BCUT2D eigenvalue weighted by Gasteiger charge is 2.17. The van der Waals surface area contributed by atoms with Crippen LogP contribution in [0.4, 0.5) is 0 Å². The van der Waals surface area contributed by atoms with E-state index in [4.69, 9.17) is 14.2 Å². The monoisotopic (exact) mass is 751 g/mol. The second kappa shape index (κ2) is 44.5. The maximum Gasteiger partial charge on any atom is 0.306 e. The molecule has 5 heteroatoms. The van der Waals surface area contributed by atoms with Gasteiger partial charge in [-0.1, -0.05) is 164 Å². The summed E-state index contributed by atoms with van der Waals surface area (Å²) in [6.07, 6.45) is 57.3. The van der Waals surface area contributed by atoms with Gasteiger partial charge in [0.05, 0.1) is 6.61 Å². The summed E-state index contributed by atoms with van der Waals surface area (Å²) >= 11 is 0. The minimum Gasteiger partial charge on any atom is -0.462 e. The first kappa shape index (κ1) is 51.1. The lowest BCUT2D eigenvalue weighted by Gasteiger charge is -2.18. The number of hydrogen-bond donors (Lipinski definition) is 0. The molecule has 0 fully saturated rings. The zero-order chi connectivity index (χ0) is 39.3. The van der Waals surface area contributed by atoms with Gasteiger partial charge in [0.2, 0.25) is 0 Å². The van der Waals surface area contributed by atoms with Crippen LogP contribution in [-0.2, 0) is 23.8 Å². The normalized spacial score (nSPS) is 13.0. The van der Waals surface area contributed by atoms with E-state index in [-0.39, 0.29) is 25.2 Å². The van der Waals surface area contributed by atoms with Crippen molar-refractivity contribution in [2.24, 2.45) is 0 Å². The Morgan fingerprint density at radius 2 is 0.870 bits per heavy atom. The Balaban J connectivity index is 4.39. The molecule has 0 rings (SSSR count). The van der Waals surface area contributed by atoms with Crippen LogP contribution in [0.1, 0.15) is 188 Å². The zero-order valence-corrected chi connectivity index (χ0v) is 35.2. The lowest BCUT2D eigenvalue weighted by atomic mass is 10.1. The van der Waals surface area contributed by atoms with Gasteiger partial charge in [-0.05, 0) is 96.3 Å². The van der Waals surface area contributed by atoms with E-state index in [9.17, 15) is 9.59 Å². The predicted molar refractivity (Wildman–Crippen MR) is 233 cm³/mol. The molecule has 0 saturated carbocycles. The molecule has 1 atom stereocenters. The van der Waals surface area contributed by atoms with E-state index in [1.165, 1.54) is 51.4 Å². The number of esters is 2. The third-order valence-corrected chi connectivity index (χ3v) is 8.87. The number of rotatable bonds is 39. The van der Waals surface area contributed by atoms with Gasteiger partial charge in [0, 0.05) is 19.4 Å². The summed E-state index contributed by atoms with van der Waals surface area (Å²) in [7, 11) is 0. The average molecular weight is 751 g/mol. The van der Waals surface area contributed by atoms with Gasteiger partial charge < -0.3 is 14.2 Å². The van der Waals surface area contributed by atoms with Gasteiger partial charge in [-0.25, -0.2) is 0 Å². The second-order valence-corrected chi connectivity index (χ2v) is 14.2. The molecule has 0 spiro atoms. The molecule has 0 aliphatic rings. The fraction of sp³-hybridized carbons (Fsp3) is 0.673. The molecule has 0 N–H and O–H groups in total. The van der Waals surface area contributed by atoms with Crippen LogP contribution < -0.4 is 0 Å². The maximum atomic E-state index is 12.7. The number of carbonyl (C=O) groups excluding carboxylic acids is 2. The van der Waals surface area contributed by atoms with E-state index in [0.29, 0.717) is 19.4 Å². The summed E-state index contributed by atoms with van der Waals surface area (Å²) in [5.41, 5.74) is 0. The minimum absolute atomic E-state index is 0.0488. The molecule has 0 aromatic carbocycles. The molecule has 308 valence electrons. The topological polar surface area (TPSA) is 61.8 Å². The molecule has 0 aliphatic heterocycles. The van der Waals surface area contributed by atoms with Crippen molar-refractivity contribution in [3.05, 3.63) is 85.1 Å². The van der Waals surface area contributed by atoms with Gasteiger partial charge >= 0.3 is 11.9 Å². The van der Waals surface area contributed by atoms with Crippen LogP contribution in [-0.4, -0.2) is 37.9 Å². The Kier molecular flexibility index (Phi) is 42.1. The Hall–Kier alpha value is -2.92. The third-order valence-electron chi connectivity index (χ3n) is 8.87. The van der Waals surface area contributed by atoms with Crippen molar-refractivity contribution in [2.45, 2.75) is 194 Å². The van der Waals surface area contributed by atoms with Crippen LogP contribution in [0.15, 0.2) is 85.1 Å². The quantitative estimate of drug-likeness (QED) is 0.0356. The van der Waals surface area contributed by atoms with Crippen LogP contribution in [0.3, 0.4) is 0 Å². The van der Waals surface area contributed by atoms with E-state index in [0.717, 1.165) is 103 Å². The van der Waals surface area contributed by atoms with Crippen molar-refractivity contribution in [3.8, 4) is 0 Å². The van der Waals surface area contributed by atoms with Crippen LogP contribution >= 0.6 is 0 Å². The fourth-order valence-corrected chi connectivity index (χ4v) is 5.59. The highest BCUT2D eigenvalue weighted by molar-refractivity contribution is 5.70. The minimum atomic E-state index is -0.575. The Morgan fingerprint density at radius 1 is 0.426 bits per heavy atom. The van der Waals surface area contributed by atoms with Crippen LogP contribution in [0.25, 0.3) is 0 Å². The van der Waals surface area contributed by atoms with E-state index in [2.05, 4.69) is 106 Å². The van der Waals surface area contributed by atoms with Crippen LogP contribution in [0.5, 0.6) is 0 Å². The van der Waals surface area contributed by atoms with Crippen LogP contribution in [0.2, 0.25) is 0 Å². The molecule has 0 heterocycles. The molecule has 54 heavy (non-hydrogen) atoms. The van der Waals surface area contributed by atoms with Gasteiger partial charge in [-0.15, -0.1) is 0 Å². The number of hydrogen-bond acceptors (Lipinski definition) is 5. The highest BCUT2D eigenvalue weighted by Crippen LogP contribution is 2.12. The molecule has 5 nitrogen and oxygen atoms in total. The smallest absolute Gasteiger partial charge is 0.306 e. The maximum absolute atomic E-state index is 12.7. The fourth-order valence-electron chi connectivity index (χ4n) is 5.59. The van der Waals surface area contributed by atoms with Gasteiger partial charge in [0.1, 0.15) is 6.61 Å². The Bertz CT molecular complexity index is 1030. The molecule has 0 bridgehead atoms. The SMILES string of the molecule is CC/C=C\C/C=C\C/C=C\C/C=C\CCCOCC(COC(=O)CCCCCCC/C=C\C/C=C\CCC)OC(=O)CCCCCCC/C=C\CCCC. The largest absolute Gasteiger partial charge is 0.462 e. The van der Waals surface area contributed by atoms with E-state index >= 15 is 0 Å². The van der Waals surface area contributed by atoms with Crippen LogP contribution in [0, 0.1) is 0 Å². The van der Waals surface area contributed by atoms with Gasteiger partial charge in [-0.3, -0.25) is 9.59 Å².